The number of hydrogen-bond acceptors (Lipinski definition) is 3. The fraction of sp³-hybridized carbons (Fsp3) is 0.632. The Labute approximate surface area is 145 Å². The molecular formula is C19H28ClNO2. The number of Topliss-reactive ketones (excluding diaryl/α,β-unsaturated/α-hetero) is 1. The molecule has 1 aromatic rings. The average Bonchev–Trinajstić information content (AvgIpc) is 2.59. The summed E-state index contributed by atoms with van der Waals surface area (Å²) in [6.07, 6.45) is 3.34. The first-order valence-electron chi connectivity index (χ1n) is 8.59. The molecule has 1 aliphatic rings. The van der Waals surface area contributed by atoms with Gasteiger partial charge in [-0.25, -0.2) is 0 Å². The molecule has 2 rings (SSSR count). The van der Waals surface area contributed by atoms with Gasteiger partial charge in [0.15, 0.2) is 0 Å². The molecule has 1 saturated heterocycles. The maximum Gasteiger partial charge on any atom is 0.144 e. The van der Waals surface area contributed by atoms with E-state index in [0.29, 0.717) is 16.9 Å². The van der Waals surface area contributed by atoms with Gasteiger partial charge in [-0.15, -0.1) is 0 Å². The summed E-state index contributed by atoms with van der Waals surface area (Å²) in [7, 11) is 1.78. The van der Waals surface area contributed by atoms with E-state index in [4.69, 9.17) is 16.3 Å². The van der Waals surface area contributed by atoms with E-state index >= 15 is 0 Å². The monoisotopic (exact) mass is 337 g/mol. The fourth-order valence-electron chi connectivity index (χ4n) is 3.19. The van der Waals surface area contributed by atoms with Crippen LogP contribution in [-0.4, -0.2) is 43.5 Å². The van der Waals surface area contributed by atoms with Gasteiger partial charge in [0.1, 0.15) is 5.78 Å². The lowest BCUT2D eigenvalue weighted by atomic mass is 9.86. The second kappa shape index (κ2) is 8.81. The third-order valence-electron chi connectivity index (χ3n) is 5.02. The third-order valence-corrected chi connectivity index (χ3v) is 5.27. The molecule has 0 amide bonds. The van der Waals surface area contributed by atoms with Crippen molar-refractivity contribution < 1.29 is 9.53 Å². The van der Waals surface area contributed by atoms with Gasteiger partial charge in [0.05, 0.1) is 12.0 Å². The van der Waals surface area contributed by atoms with Crippen molar-refractivity contribution in [3.63, 3.8) is 0 Å². The van der Waals surface area contributed by atoms with Crippen LogP contribution in [-0.2, 0) is 9.53 Å². The van der Waals surface area contributed by atoms with Crippen LogP contribution in [0.15, 0.2) is 24.3 Å². The summed E-state index contributed by atoms with van der Waals surface area (Å²) in [5.74, 6) is 0.359. The van der Waals surface area contributed by atoms with E-state index in [2.05, 4.69) is 11.8 Å². The predicted molar refractivity (Wildman–Crippen MR) is 95.1 cm³/mol. The minimum Gasteiger partial charge on any atom is -0.381 e. The lowest BCUT2D eigenvalue weighted by molar-refractivity contribution is -0.124. The van der Waals surface area contributed by atoms with Gasteiger partial charge in [-0.2, -0.15) is 0 Å². The smallest absolute Gasteiger partial charge is 0.144 e. The average molecular weight is 338 g/mol. The second-order valence-corrected chi connectivity index (χ2v) is 6.99. The quantitative estimate of drug-likeness (QED) is 0.748. The number of piperidine rings is 1. The standard InChI is InChI=1S/C19H28ClNO2/c1-4-14(2)19(22)18(15-5-7-16(20)8-6-15)13-21-11-9-17(23-3)10-12-21/h5-8,14,17-18H,4,9-13H2,1-3H3/t14?,18-/m1/s1. The summed E-state index contributed by atoms with van der Waals surface area (Å²) < 4.78 is 5.44. The van der Waals surface area contributed by atoms with Gasteiger partial charge >= 0.3 is 0 Å². The van der Waals surface area contributed by atoms with E-state index in [-0.39, 0.29) is 11.8 Å². The number of benzene rings is 1. The Kier molecular flexibility index (Phi) is 7.07. The van der Waals surface area contributed by atoms with Crippen molar-refractivity contribution in [3.8, 4) is 0 Å². The highest BCUT2D eigenvalue weighted by atomic mass is 35.5. The summed E-state index contributed by atoms with van der Waals surface area (Å²) in [5, 5.41) is 0.712. The number of ether oxygens (including phenoxy) is 1. The van der Waals surface area contributed by atoms with Crippen LogP contribution in [0.3, 0.4) is 0 Å². The molecule has 2 atom stereocenters. The number of likely N-dealkylation sites (tertiary alicyclic amines) is 1. The van der Waals surface area contributed by atoms with Gasteiger partial charge in [0.25, 0.3) is 0 Å². The first-order valence-corrected chi connectivity index (χ1v) is 8.97. The Morgan fingerprint density at radius 2 is 1.91 bits per heavy atom. The van der Waals surface area contributed by atoms with Crippen LogP contribution >= 0.6 is 11.6 Å². The van der Waals surface area contributed by atoms with E-state index in [9.17, 15) is 4.79 Å². The van der Waals surface area contributed by atoms with Crippen LogP contribution < -0.4 is 0 Å². The molecule has 4 heteroatoms. The van der Waals surface area contributed by atoms with Crippen molar-refractivity contribution in [2.75, 3.05) is 26.7 Å². The number of halogens is 1. The van der Waals surface area contributed by atoms with Gasteiger partial charge in [0, 0.05) is 37.7 Å². The number of rotatable bonds is 7. The van der Waals surface area contributed by atoms with E-state index < -0.39 is 0 Å². The fourth-order valence-corrected chi connectivity index (χ4v) is 3.31. The van der Waals surface area contributed by atoms with Crippen molar-refractivity contribution in [2.45, 2.75) is 45.1 Å². The van der Waals surface area contributed by atoms with Crippen LogP contribution in [0.4, 0.5) is 0 Å². The predicted octanol–water partition coefficient (Wildman–Crippen LogP) is 4.15. The lowest BCUT2D eigenvalue weighted by Gasteiger charge is -2.34. The first-order chi connectivity index (χ1) is 11.0. The van der Waals surface area contributed by atoms with Crippen LogP contribution in [0.2, 0.25) is 5.02 Å². The molecule has 1 aromatic carbocycles. The van der Waals surface area contributed by atoms with Gasteiger partial charge < -0.3 is 9.64 Å². The van der Waals surface area contributed by atoms with Gasteiger partial charge in [-0.3, -0.25) is 4.79 Å². The summed E-state index contributed by atoms with van der Waals surface area (Å²) in [5.41, 5.74) is 1.08. The van der Waals surface area contributed by atoms with Crippen molar-refractivity contribution >= 4 is 17.4 Å². The topological polar surface area (TPSA) is 29.5 Å². The molecule has 0 aromatic heterocycles. The Morgan fingerprint density at radius 1 is 1.30 bits per heavy atom. The molecule has 0 aliphatic carbocycles. The summed E-state index contributed by atoms with van der Waals surface area (Å²) in [6.45, 7) is 6.89. The number of nitrogens with zero attached hydrogens (tertiary/aromatic N) is 1. The summed E-state index contributed by atoms with van der Waals surface area (Å²) >= 11 is 6.00. The highest BCUT2D eigenvalue weighted by molar-refractivity contribution is 6.30. The molecule has 1 aliphatic heterocycles. The molecule has 3 nitrogen and oxygen atoms in total. The van der Waals surface area contributed by atoms with Crippen LogP contribution in [0.25, 0.3) is 0 Å². The molecule has 1 fully saturated rings. The van der Waals surface area contributed by atoms with Gasteiger partial charge in [-0.05, 0) is 37.0 Å². The molecule has 0 saturated carbocycles. The molecule has 1 heterocycles. The van der Waals surface area contributed by atoms with Crippen LogP contribution in [0, 0.1) is 5.92 Å². The number of ketones is 1. The molecular weight excluding hydrogens is 310 g/mol. The molecule has 1 unspecified atom stereocenters. The number of carbonyl (C=O) groups excluding carboxylic acids is 1. The van der Waals surface area contributed by atoms with Crippen LogP contribution in [0.1, 0.15) is 44.6 Å². The zero-order chi connectivity index (χ0) is 16.8. The molecule has 0 radical (unpaired) electrons. The zero-order valence-corrected chi connectivity index (χ0v) is 15.2. The highest BCUT2D eigenvalue weighted by Gasteiger charge is 2.28. The minimum atomic E-state index is -0.0682. The Bertz CT molecular complexity index is 495. The van der Waals surface area contributed by atoms with Crippen molar-refractivity contribution in [1.82, 2.24) is 4.90 Å². The van der Waals surface area contributed by atoms with E-state index in [1.54, 1.807) is 7.11 Å². The lowest BCUT2D eigenvalue weighted by Crippen LogP contribution is -2.41. The van der Waals surface area contributed by atoms with Crippen molar-refractivity contribution in [2.24, 2.45) is 5.92 Å². The molecule has 0 N–H and O–H groups in total. The highest BCUT2D eigenvalue weighted by Crippen LogP contribution is 2.26. The maximum atomic E-state index is 12.9. The van der Waals surface area contributed by atoms with E-state index in [1.807, 2.05) is 31.2 Å². The third kappa shape index (κ3) is 5.03. The van der Waals surface area contributed by atoms with Gasteiger partial charge in [0.2, 0.25) is 0 Å². The number of methoxy groups -OCH3 is 1. The van der Waals surface area contributed by atoms with Gasteiger partial charge in [-0.1, -0.05) is 37.6 Å². The first kappa shape index (κ1) is 18.4. The molecule has 23 heavy (non-hydrogen) atoms. The number of hydrogen-bond donors (Lipinski definition) is 0. The molecule has 0 spiro atoms. The Balaban J connectivity index is 2.10. The SMILES string of the molecule is CCC(C)C(=O)[C@H](CN1CCC(OC)CC1)c1ccc(Cl)cc1. The maximum absolute atomic E-state index is 12.9. The van der Waals surface area contributed by atoms with E-state index in [1.165, 1.54) is 0 Å². The molecule has 128 valence electrons. The largest absolute Gasteiger partial charge is 0.381 e. The molecule has 0 bridgehead atoms. The van der Waals surface area contributed by atoms with E-state index in [0.717, 1.165) is 44.5 Å². The normalized spacial score (nSPS) is 19.5. The number of carbonyl (C=O) groups is 1. The van der Waals surface area contributed by atoms with Crippen molar-refractivity contribution in [1.29, 1.82) is 0 Å². The second-order valence-electron chi connectivity index (χ2n) is 6.55. The van der Waals surface area contributed by atoms with Crippen molar-refractivity contribution in [3.05, 3.63) is 34.9 Å². The summed E-state index contributed by atoms with van der Waals surface area (Å²) in [6, 6.07) is 7.75. The van der Waals surface area contributed by atoms with Crippen LogP contribution in [0.5, 0.6) is 0 Å². The Morgan fingerprint density at radius 3 is 2.43 bits per heavy atom. The summed E-state index contributed by atoms with van der Waals surface area (Å²) in [4.78, 5) is 15.3. The zero-order valence-electron chi connectivity index (χ0n) is 14.4. The Hall–Kier alpha value is -0.900. The minimum absolute atomic E-state index is 0.0682.